The molecule has 1 aliphatic heterocycles. The van der Waals surface area contributed by atoms with Crippen LogP contribution in [-0.2, 0) is 0 Å². The van der Waals surface area contributed by atoms with Crippen LogP contribution in [0.1, 0.15) is 13.8 Å². The number of rotatable bonds is 5. The van der Waals surface area contributed by atoms with Gasteiger partial charge in [0.2, 0.25) is 0 Å². The van der Waals surface area contributed by atoms with Crippen LogP contribution in [0.25, 0.3) is 0 Å². The standard InChI is InChI=1S/C21H26F2N4O/c1-3-25(4-2)16-8-10-17(11-9-16)26-12-14-27(15-13-26)21(28)24-20-18(22)6-5-7-19(20)23/h5-11H,3-4,12-15H2,1-2H3,(H,24,28). The molecule has 1 aliphatic rings. The van der Waals surface area contributed by atoms with Gasteiger partial charge in [-0.1, -0.05) is 6.07 Å². The van der Waals surface area contributed by atoms with Gasteiger partial charge in [-0.25, -0.2) is 13.6 Å². The predicted molar refractivity (Wildman–Crippen MR) is 109 cm³/mol. The molecule has 0 saturated carbocycles. The first kappa shape index (κ1) is 19.9. The topological polar surface area (TPSA) is 38.8 Å². The van der Waals surface area contributed by atoms with Crippen LogP contribution < -0.4 is 15.1 Å². The second kappa shape index (κ2) is 8.91. The van der Waals surface area contributed by atoms with Crippen molar-refractivity contribution in [1.29, 1.82) is 0 Å². The molecule has 5 nitrogen and oxygen atoms in total. The Kier molecular flexibility index (Phi) is 6.34. The number of halogens is 2. The van der Waals surface area contributed by atoms with E-state index in [4.69, 9.17) is 0 Å². The van der Waals surface area contributed by atoms with Crippen LogP contribution in [0.4, 0.5) is 30.6 Å². The number of carbonyl (C=O) groups is 1. The Labute approximate surface area is 164 Å². The normalized spacial score (nSPS) is 14.1. The Morgan fingerprint density at radius 2 is 1.54 bits per heavy atom. The summed E-state index contributed by atoms with van der Waals surface area (Å²) in [5.41, 5.74) is 1.90. The Morgan fingerprint density at radius 3 is 2.07 bits per heavy atom. The molecule has 150 valence electrons. The van der Waals surface area contributed by atoms with Crippen LogP contribution >= 0.6 is 0 Å². The van der Waals surface area contributed by atoms with Crippen LogP contribution in [-0.4, -0.2) is 50.2 Å². The van der Waals surface area contributed by atoms with Gasteiger partial charge in [0, 0.05) is 50.6 Å². The van der Waals surface area contributed by atoms with Gasteiger partial charge in [0.05, 0.1) is 0 Å². The largest absolute Gasteiger partial charge is 0.372 e. The zero-order chi connectivity index (χ0) is 20.1. The maximum atomic E-state index is 13.7. The van der Waals surface area contributed by atoms with Gasteiger partial charge >= 0.3 is 6.03 Å². The maximum absolute atomic E-state index is 13.7. The minimum Gasteiger partial charge on any atom is -0.372 e. The maximum Gasteiger partial charge on any atom is 0.322 e. The first-order chi connectivity index (χ1) is 13.5. The highest BCUT2D eigenvalue weighted by Crippen LogP contribution is 2.23. The lowest BCUT2D eigenvalue weighted by Gasteiger charge is -2.36. The fraction of sp³-hybridized carbons (Fsp3) is 0.381. The van der Waals surface area contributed by atoms with Gasteiger partial charge in [-0.05, 0) is 50.2 Å². The first-order valence-electron chi connectivity index (χ1n) is 9.63. The van der Waals surface area contributed by atoms with E-state index in [2.05, 4.69) is 53.2 Å². The van der Waals surface area contributed by atoms with Crippen molar-refractivity contribution >= 4 is 23.1 Å². The van der Waals surface area contributed by atoms with Gasteiger partial charge in [0.1, 0.15) is 17.3 Å². The molecule has 0 unspecified atom stereocenters. The monoisotopic (exact) mass is 388 g/mol. The van der Waals surface area contributed by atoms with Crippen molar-refractivity contribution in [3.05, 3.63) is 54.1 Å². The van der Waals surface area contributed by atoms with Crippen molar-refractivity contribution < 1.29 is 13.6 Å². The summed E-state index contributed by atoms with van der Waals surface area (Å²) in [6.07, 6.45) is 0. The van der Waals surface area contributed by atoms with Gasteiger partial charge in [0.25, 0.3) is 0 Å². The Balaban J connectivity index is 1.57. The molecule has 2 aromatic rings. The fourth-order valence-electron chi connectivity index (χ4n) is 3.43. The number of piperazine rings is 1. The van der Waals surface area contributed by atoms with Gasteiger partial charge < -0.3 is 20.0 Å². The lowest BCUT2D eigenvalue weighted by atomic mass is 10.2. The summed E-state index contributed by atoms with van der Waals surface area (Å²) in [4.78, 5) is 18.4. The van der Waals surface area contributed by atoms with E-state index in [-0.39, 0.29) is 0 Å². The van der Waals surface area contributed by atoms with Crippen LogP contribution in [0.5, 0.6) is 0 Å². The zero-order valence-corrected chi connectivity index (χ0v) is 16.3. The molecule has 0 spiro atoms. The third-order valence-electron chi connectivity index (χ3n) is 5.11. The number of para-hydroxylation sites is 1. The van der Waals surface area contributed by atoms with Crippen molar-refractivity contribution in [2.24, 2.45) is 0 Å². The zero-order valence-electron chi connectivity index (χ0n) is 16.3. The molecule has 1 N–H and O–H groups in total. The van der Waals surface area contributed by atoms with E-state index in [1.807, 2.05) is 0 Å². The average molecular weight is 388 g/mol. The number of hydrogen-bond donors (Lipinski definition) is 1. The van der Waals surface area contributed by atoms with E-state index in [0.717, 1.165) is 30.9 Å². The van der Waals surface area contributed by atoms with Gasteiger partial charge in [0.15, 0.2) is 0 Å². The number of urea groups is 1. The SMILES string of the molecule is CCN(CC)c1ccc(N2CCN(C(=O)Nc3c(F)cccc3F)CC2)cc1. The third-order valence-corrected chi connectivity index (χ3v) is 5.11. The summed E-state index contributed by atoms with van der Waals surface area (Å²) >= 11 is 0. The molecule has 0 radical (unpaired) electrons. The molecule has 2 amide bonds. The quantitative estimate of drug-likeness (QED) is 0.836. The number of benzene rings is 2. The number of anilines is 3. The summed E-state index contributed by atoms with van der Waals surface area (Å²) in [7, 11) is 0. The van der Waals surface area contributed by atoms with Gasteiger partial charge in [-0.15, -0.1) is 0 Å². The average Bonchev–Trinajstić information content (AvgIpc) is 2.72. The van der Waals surface area contributed by atoms with E-state index >= 15 is 0 Å². The molecule has 0 aliphatic carbocycles. The number of nitrogens with zero attached hydrogens (tertiary/aromatic N) is 3. The number of nitrogens with one attached hydrogen (secondary N) is 1. The molecular formula is C21H26F2N4O. The van der Waals surface area contributed by atoms with Gasteiger partial charge in [-0.2, -0.15) is 0 Å². The lowest BCUT2D eigenvalue weighted by Crippen LogP contribution is -2.50. The van der Waals surface area contributed by atoms with E-state index < -0.39 is 23.4 Å². The summed E-state index contributed by atoms with van der Waals surface area (Å²) < 4.78 is 27.4. The Bertz CT molecular complexity index is 780. The Morgan fingerprint density at radius 1 is 0.964 bits per heavy atom. The highest BCUT2D eigenvalue weighted by Gasteiger charge is 2.23. The predicted octanol–water partition coefficient (Wildman–Crippen LogP) is 4.17. The fourth-order valence-corrected chi connectivity index (χ4v) is 3.43. The Hall–Kier alpha value is -2.83. The molecule has 1 heterocycles. The molecule has 7 heteroatoms. The molecule has 2 aromatic carbocycles. The second-order valence-corrected chi connectivity index (χ2v) is 6.69. The minimum absolute atomic E-state index is 0.401. The van der Waals surface area contributed by atoms with Crippen LogP contribution in [0, 0.1) is 11.6 Å². The minimum atomic E-state index is -0.778. The molecule has 1 saturated heterocycles. The molecule has 0 atom stereocenters. The van der Waals surface area contributed by atoms with Crippen molar-refractivity contribution in [1.82, 2.24) is 4.90 Å². The summed E-state index contributed by atoms with van der Waals surface area (Å²) in [5, 5.41) is 2.35. The van der Waals surface area contributed by atoms with Crippen molar-refractivity contribution in [3.63, 3.8) is 0 Å². The molecule has 3 rings (SSSR count). The third kappa shape index (κ3) is 4.35. The van der Waals surface area contributed by atoms with Crippen molar-refractivity contribution in [2.75, 3.05) is 54.4 Å². The lowest BCUT2D eigenvalue weighted by molar-refractivity contribution is 0.208. The highest BCUT2D eigenvalue weighted by atomic mass is 19.1. The van der Waals surface area contributed by atoms with Crippen molar-refractivity contribution in [2.45, 2.75) is 13.8 Å². The van der Waals surface area contributed by atoms with E-state index in [9.17, 15) is 13.6 Å². The van der Waals surface area contributed by atoms with Crippen LogP contribution in [0.2, 0.25) is 0 Å². The molecule has 0 aromatic heterocycles. The first-order valence-corrected chi connectivity index (χ1v) is 9.63. The molecule has 0 bridgehead atoms. The molecular weight excluding hydrogens is 362 g/mol. The van der Waals surface area contributed by atoms with E-state index in [0.29, 0.717) is 26.2 Å². The van der Waals surface area contributed by atoms with Crippen LogP contribution in [0.3, 0.4) is 0 Å². The summed E-state index contributed by atoms with van der Waals surface area (Å²) in [5.74, 6) is -1.56. The summed E-state index contributed by atoms with van der Waals surface area (Å²) in [6.45, 7) is 8.50. The van der Waals surface area contributed by atoms with Crippen LogP contribution in [0.15, 0.2) is 42.5 Å². The highest BCUT2D eigenvalue weighted by molar-refractivity contribution is 5.89. The van der Waals surface area contributed by atoms with E-state index in [1.54, 1.807) is 4.90 Å². The van der Waals surface area contributed by atoms with Crippen molar-refractivity contribution in [3.8, 4) is 0 Å². The molecule has 28 heavy (non-hydrogen) atoms. The number of carbonyl (C=O) groups excluding carboxylic acids is 1. The smallest absolute Gasteiger partial charge is 0.322 e. The van der Waals surface area contributed by atoms with E-state index in [1.165, 1.54) is 11.8 Å². The summed E-state index contributed by atoms with van der Waals surface area (Å²) in [6, 6.07) is 11.4. The molecule has 1 fully saturated rings. The second-order valence-electron chi connectivity index (χ2n) is 6.69. The number of amides is 2. The van der Waals surface area contributed by atoms with Gasteiger partial charge in [-0.3, -0.25) is 0 Å². The number of hydrogen-bond acceptors (Lipinski definition) is 3.